The Labute approximate surface area is 177 Å². The number of carbonyl (C=O) groups excluding carboxylic acids is 2. The molecule has 0 aromatic heterocycles. The lowest BCUT2D eigenvalue weighted by Gasteiger charge is -2.23. The van der Waals surface area contributed by atoms with E-state index in [4.69, 9.17) is 0 Å². The van der Waals surface area contributed by atoms with Gasteiger partial charge in [-0.2, -0.15) is 0 Å². The summed E-state index contributed by atoms with van der Waals surface area (Å²) in [6.07, 6.45) is -0.283. The zero-order valence-electron chi connectivity index (χ0n) is 15.0. The average molecular weight is 483 g/mol. The maximum absolute atomic E-state index is 13.2. The number of benzene rings is 3. The first-order valence-corrected chi connectivity index (χ1v) is 10.0. The second kappa shape index (κ2) is 7.48. The maximum atomic E-state index is 13.2. The summed E-state index contributed by atoms with van der Waals surface area (Å²) in [5.74, 6) is -0.722. The van der Waals surface area contributed by atoms with Crippen LogP contribution in [0.4, 0.5) is 5.69 Å². The fourth-order valence-electron chi connectivity index (χ4n) is 3.57. The van der Waals surface area contributed by atoms with E-state index in [1.807, 2.05) is 54.6 Å². The topological polar surface area (TPSA) is 57.6 Å². The largest absolute Gasteiger partial charge is 0.375 e. The molecule has 0 spiro atoms. The van der Waals surface area contributed by atoms with Crippen molar-refractivity contribution in [1.29, 1.82) is 0 Å². The Morgan fingerprint density at radius 3 is 2.29 bits per heavy atom. The molecule has 0 unspecified atom stereocenters. The van der Waals surface area contributed by atoms with E-state index in [0.29, 0.717) is 23.4 Å². The minimum Gasteiger partial charge on any atom is -0.375 e. The van der Waals surface area contributed by atoms with Gasteiger partial charge in [0.15, 0.2) is 11.4 Å². The number of hydrogen-bond acceptors (Lipinski definition) is 3. The molecule has 5 heteroatoms. The fraction of sp³-hybridized carbons (Fsp3) is 0.130. The number of carbonyl (C=O) groups is 2. The number of aliphatic hydroxyl groups is 1. The Morgan fingerprint density at radius 2 is 1.57 bits per heavy atom. The molecule has 3 aromatic rings. The summed E-state index contributed by atoms with van der Waals surface area (Å²) < 4.78 is 1.02. The van der Waals surface area contributed by atoms with Gasteiger partial charge in [0.2, 0.25) is 0 Å². The number of nitrogens with zero attached hydrogens (tertiary/aromatic N) is 1. The van der Waals surface area contributed by atoms with Crippen LogP contribution in [0.2, 0.25) is 0 Å². The van der Waals surface area contributed by atoms with E-state index in [1.165, 1.54) is 0 Å². The highest BCUT2D eigenvalue weighted by Crippen LogP contribution is 2.43. The molecule has 1 atom stereocenters. The highest BCUT2D eigenvalue weighted by molar-refractivity contribution is 14.1. The second-order valence-electron chi connectivity index (χ2n) is 6.86. The van der Waals surface area contributed by atoms with E-state index in [2.05, 4.69) is 22.6 Å². The Kier molecular flexibility index (Phi) is 5.03. The number of rotatable bonds is 5. The molecular weight excluding hydrogens is 465 g/mol. The molecule has 1 N–H and O–H groups in total. The van der Waals surface area contributed by atoms with Gasteiger partial charge in [-0.3, -0.25) is 9.59 Å². The number of ketones is 1. The van der Waals surface area contributed by atoms with Gasteiger partial charge >= 0.3 is 0 Å². The van der Waals surface area contributed by atoms with E-state index in [1.54, 1.807) is 29.2 Å². The molecular formula is C23H18INO3. The Hall–Kier alpha value is -2.51. The zero-order chi connectivity index (χ0) is 19.7. The predicted octanol–water partition coefficient (Wildman–Crippen LogP) is 4.30. The van der Waals surface area contributed by atoms with Gasteiger partial charge < -0.3 is 10.0 Å². The number of halogens is 1. The molecule has 3 aromatic carbocycles. The molecule has 28 heavy (non-hydrogen) atoms. The number of hydrogen-bond donors (Lipinski definition) is 1. The van der Waals surface area contributed by atoms with Crippen LogP contribution in [0.15, 0.2) is 78.9 Å². The van der Waals surface area contributed by atoms with E-state index in [0.717, 1.165) is 9.13 Å². The Morgan fingerprint density at radius 1 is 0.929 bits per heavy atom. The second-order valence-corrected chi connectivity index (χ2v) is 8.11. The zero-order valence-corrected chi connectivity index (χ0v) is 17.2. The van der Waals surface area contributed by atoms with Crippen molar-refractivity contribution < 1.29 is 14.7 Å². The first kappa shape index (κ1) is 18.8. The van der Waals surface area contributed by atoms with Crippen molar-refractivity contribution in [2.75, 3.05) is 4.90 Å². The highest BCUT2D eigenvalue weighted by Gasteiger charge is 2.50. The molecule has 1 amide bonds. The molecule has 1 aliphatic heterocycles. The molecule has 1 aliphatic rings. The summed E-state index contributed by atoms with van der Waals surface area (Å²) >= 11 is 2.17. The quantitative estimate of drug-likeness (QED) is 0.435. The monoisotopic (exact) mass is 483 g/mol. The van der Waals surface area contributed by atoms with Crippen molar-refractivity contribution >= 4 is 40.0 Å². The van der Waals surface area contributed by atoms with Crippen molar-refractivity contribution in [2.45, 2.75) is 18.6 Å². The van der Waals surface area contributed by atoms with E-state index in [-0.39, 0.29) is 12.2 Å². The first-order valence-electron chi connectivity index (χ1n) is 8.95. The Balaban J connectivity index is 1.67. The van der Waals surface area contributed by atoms with Crippen molar-refractivity contribution in [3.63, 3.8) is 0 Å². The lowest BCUT2D eigenvalue weighted by Crippen LogP contribution is -2.41. The lowest BCUT2D eigenvalue weighted by molar-refractivity contribution is -0.136. The minimum absolute atomic E-state index is 0.261. The van der Waals surface area contributed by atoms with Crippen LogP contribution >= 0.6 is 22.6 Å². The molecule has 0 fully saturated rings. The van der Waals surface area contributed by atoms with Crippen LogP contribution in [0.1, 0.15) is 27.9 Å². The van der Waals surface area contributed by atoms with Crippen LogP contribution < -0.4 is 4.90 Å². The molecule has 0 bridgehead atoms. The average Bonchev–Trinajstić information content (AvgIpc) is 2.91. The highest BCUT2D eigenvalue weighted by atomic mass is 127. The summed E-state index contributed by atoms with van der Waals surface area (Å²) in [5, 5.41) is 11.3. The van der Waals surface area contributed by atoms with E-state index < -0.39 is 11.5 Å². The number of amides is 1. The molecule has 0 aliphatic carbocycles. The van der Waals surface area contributed by atoms with E-state index >= 15 is 0 Å². The van der Waals surface area contributed by atoms with Crippen LogP contribution in [0.25, 0.3) is 0 Å². The molecule has 140 valence electrons. The number of anilines is 1. The fourth-order valence-corrected chi connectivity index (χ4v) is 3.93. The summed E-state index contributed by atoms with van der Waals surface area (Å²) in [6.45, 7) is 0.344. The van der Waals surface area contributed by atoms with E-state index in [9.17, 15) is 14.7 Å². The SMILES string of the molecule is O=C(C[C@]1(O)C(=O)N(Cc2ccccc2)c2ccccc21)c1ccc(I)cc1. The summed E-state index contributed by atoms with van der Waals surface area (Å²) in [4.78, 5) is 27.6. The van der Waals surface area contributed by atoms with Crippen molar-refractivity contribution in [3.8, 4) is 0 Å². The van der Waals surface area contributed by atoms with Gasteiger partial charge in [-0.25, -0.2) is 0 Å². The molecule has 1 heterocycles. The third-order valence-electron chi connectivity index (χ3n) is 5.01. The summed E-state index contributed by atoms with van der Waals surface area (Å²) in [6, 6.07) is 23.9. The van der Waals surface area contributed by atoms with Gasteiger partial charge in [-0.1, -0.05) is 60.7 Å². The third-order valence-corrected chi connectivity index (χ3v) is 5.72. The standard InChI is InChI=1S/C23H18INO3/c24-18-12-10-17(11-13-18)21(26)14-23(28)19-8-4-5-9-20(19)25(22(23)27)15-16-6-2-1-3-7-16/h1-13,28H,14-15H2/t23-/m1/s1. The smallest absolute Gasteiger partial charge is 0.264 e. The normalized spacial score (nSPS) is 18.2. The van der Waals surface area contributed by atoms with Crippen molar-refractivity contribution in [2.24, 2.45) is 0 Å². The van der Waals surface area contributed by atoms with Crippen LogP contribution in [-0.4, -0.2) is 16.8 Å². The summed E-state index contributed by atoms with van der Waals surface area (Å²) in [5.41, 5.74) is 0.717. The Bertz CT molecular complexity index is 1030. The number of fused-ring (bicyclic) bond motifs is 1. The van der Waals surface area contributed by atoms with Crippen molar-refractivity contribution in [1.82, 2.24) is 0 Å². The van der Waals surface area contributed by atoms with Gasteiger partial charge in [-0.15, -0.1) is 0 Å². The molecule has 4 rings (SSSR count). The predicted molar refractivity (Wildman–Crippen MR) is 116 cm³/mol. The molecule has 0 saturated heterocycles. The van der Waals surface area contributed by atoms with Crippen LogP contribution in [0, 0.1) is 3.57 Å². The van der Waals surface area contributed by atoms with Gasteiger partial charge in [0.25, 0.3) is 5.91 Å². The number of para-hydroxylation sites is 1. The van der Waals surface area contributed by atoms with Gasteiger partial charge in [-0.05, 0) is 46.4 Å². The molecule has 0 saturated carbocycles. The van der Waals surface area contributed by atoms with Crippen LogP contribution in [0.3, 0.4) is 0 Å². The maximum Gasteiger partial charge on any atom is 0.264 e. The number of Topliss-reactive ketones (excluding diaryl/α,β-unsaturated/α-hetero) is 1. The third kappa shape index (κ3) is 3.36. The lowest BCUT2D eigenvalue weighted by atomic mass is 9.88. The first-order chi connectivity index (χ1) is 13.5. The van der Waals surface area contributed by atoms with Gasteiger partial charge in [0, 0.05) is 14.7 Å². The minimum atomic E-state index is -1.86. The van der Waals surface area contributed by atoms with Crippen molar-refractivity contribution in [3.05, 3.63) is 99.1 Å². The molecule has 4 nitrogen and oxygen atoms in total. The van der Waals surface area contributed by atoms with Gasteiger partial charge in [0.1, 0.15) is 0 Å². The summed E-state index contributed by atoms with van der Waals surface area (Å²) in [7, 11) is 0. The molecule has 0 radical (unpaired) electrons. The van der Waals surface area contributed by atoms with Crippen LogP contribution in [0.5, 0.6) is 0 Å². The van der Waals surface area contributed by atoms with Gasteiger partial charge in [0.05, 0.1) is 18.7 Å². The van der Waals surface area contributed by atoms with Crippen LogP contribution in [-0.2, 0) is 16.9 Å².